The van der Waals surface area contributed by atoms with E-state index in [9.17, 15) is 4.79 Å². The van der Waals surface area contributed by atoms with Gasteiger partial charge in [0.1, 0.15) is 0 Å². The first-order valence-corrected chi connectivity index (χ1v) is 4.03. The molecule has 0 amide bonds. The van der Waals surface area contributed by atoms with E-state index in [-0.39, 0.29) is 0 Å². The van der Waals surface area contributed by atoms with Crippen molar-refractivity contribution >= 4 is 6.08 Å². The molecule has 0 fully saturated rings. The van der Waals surface area contributed by atoms with Gasteiger partial charge in [-0.3, -0.25) is 0 Å². The van der Waals surface area contributed by atoms with Gasteiger partial charge in [-0.1, -0.05) is 0 Å². The molecule has 0 aliphatic carbocycles. The molecule has 0 aromatic carbocycles. The molecule has 0 aromatic heterocycles. The third-order valence-electron chi connectivity index (χ3n) is 1.33. The maximum atomic E-state index is 9.62. The second kappa shape index (κ2) is 9.34. The van der Waals surface area contributed by atoms with E-state index in [0.717, 1.165) is 32.5 Å². The van der Waals surface area contributed by atoms with Crippen molar-refractivity contribution in [1.29, 1.82) is 0 Å². The molecule has 0 saturated carbocycles. The van der Waals surface area contributed by atoms with Gasteiger partial charge in [-0.05, 0) is 26.2 Å². The van der Waals surface area contributed by atoms with Crippen LogP contribution in [0.25, 0.3) is 0 Å². The van der Waals surface area contributed by atoms with Crippen molar-refractivity contribution in [2.24, 2.45) is 4.99 Å². The van der Waals surface area contributed by atoms with Gasteiger partial charge in [-0.2, -0.15) is 0 Å². The van der Waals surface area contributed by atoms with Gasteiger partial charge < -0.3 is 4.74 Å². The number of hydrogen-bond donors (Lipinski definition) is 0. The van der Waals surface area contributed by atoms with Crippen LogP contribution in [0.5, 0.6) is 0 Å². The lowest BCUT2D eigenvalue weighted by atomic mass is 10.2. The number of unbranched alkanes of at least 4 members (excludes halogenated alkanes) is 2. The molecule has 0 rings (SSSR count). The standard InChI is InChI=1S/C8H15NO2/c1-2-11-7-5-3-4-6-9-8-10/h2-7H2,1H3. The molecule has 0 aliphatic rings. The molecule has 0 saturated heterocycles. The normalized spacial score (nSPS) is 9.18. The van der Waals surface area contributed by atoms with Crippen LogP contribution in [-0.4, -0.2) is 25.8 Å². The van der Waals surface area contributed by atoms with Gasteiger partial charge in [-0.15, -0.1) is 0 Å². The summed E-state index contributed by atoms with van der Waals surface area (Å²) in [5.41, 5.74) is 0. The second-order valence-corrected chi connectivity index (χ2v) is 2.23. The summed E-state index contributed by atoms with van der Waals surface area (Å²) in [4.78, 5) is 13.1. The van der Waals surface area contributed by atoms with Gasteiger partial charge in [0.15, 0.2) is 0 Å². The van der Waals surface area contributed by atoms with Crippen molar-refractivity contribution in [3.63, 3.8) is 0 Å². The van der Waals surface area contributed by atoms with Crippen molar-refractivity contribution in [2.45, 2.75) is 26.2 Å². The fraction of sp³-hybridized carbons (Fsp3) is 0.875. The van der Waals surface area contributed by atoms with Gasteiger partial charge in [0.2, 0.25) is 6.08 Å². The molecule has 0 N–H and O–H groups in total. The Morgan fingerprint density at radius 3 is 2.82 bits per heavy atom. The first-order valence-electron chi connectivity index (χ1n) is 4.03. The van der Waals surface area contributed by atoms with Crippen molar-refractivity contribution in [1.82, 2.24) is 0 Å². The Morgan fingerprint density at radius 2 is 2.18 bits per heavy atom. The van der Waals surface area contributed by atoms with Crippen LogP contribution < -0.4 is 0 Å². The number of hydrogen-bond acceptors (Lipinski definition) is 3. The van der Waals surface area contributed by atoms with Crippen LogP contribution in [0.1, 0.15) is 26.2 Å². The fourth-order valence-corrected chi connectivity index (χ4v) is 0.762. The predicted molar refractivity (Wildman–Crippen MR) is 43.3 cm³/mol. The highest BCUT2D eigenvalue weighted by atomic mass is 16.5. The smallest absolute Gasteiger partial charge is 0.234 e. The van der Waals surface area contributed by atoms with Gasteiger partial charge in [0, 0.05) is 13.2 Å². The molecule has 0 spiro atoms. The summed E-state index contributed by atoms with van der Waals surface area (Å²) in [5.74, 6) is 0. The summed E-state index contributed by atoms with van der Waals surface area (Å²) in [6.45, 7) is 4.19. The highest BCUT2D eigenvalue weighted by Gasteiger charge is 1.87. The summed E-state index contributed by atoms with van der Waals surface area (Å²) in [6.07, 6.45) is 4.61. The molecule has 0 atom stereocenters. The average Bonchev–Trinajstić information content (AvgIpc) is 2.03. The Morgan fingerprint density at radius 1 is 1.36 bits per heavy atom. The minimum atomic E-state index is 0.607. The van der Waals surface area contributed by atoms with Crippen molar-refractivity contribution in [3.05, 3.63) is 0 Å². The zero-order chi connectivity index (χ0) is 8.36. The Bertz CT molecular complexity index is 119. The van der Waals surface area contributed by atoms with Crippen molar-refractivity contribution in [3.8, 4) is 0 Å². The number of nitrogens with zero attached hydrogens (tertiary/aromatic N) is 1. The number of ether oxygens (including phenoxy) is 1. The average molecular weight is 157 g/mol. The van der Waals surface area contributed by atoms with E-state index in [0.29, 0.717) is 6.54 Å². The fourth-order valence-electron chi connectivity index (χ4n) is 0.762. The second-order valence-electron chi connectivity index (χ2n) is 2.23. The van der Waals surface area contributed by atoms with Crippen LogP contribution in [0.3, 0.4) is 0 Å². The van der Waals surface area contributed by atoms with E-state index in [2.05, 4.69) is 4.99 Å². The van der Waals surface area contributed by atoms with E-state index in [4.69, 9.17) is 4.74 Å². The van der Waals surface area contributed by atoms with Crippen molar-refractivity contribution < 1.29 is 9.53 Å². The lowest BCUT2D eigenvalue weighted by Crippen LogP contribution is -1.93. The minimum absolute atomic E-state index is 0.607. The van der Waals surface area contributed by atoms with Crippen LogP contribution in [0.4, 0.5) is 0 Å². The third kappa shape index (κ3) is 9.34. The molecule has 64 valence electrons. The molecule has 11 heavy (non-hydrogen) atoms. The summed E-state index contributed by atoms with van der Waals surface area (Å²) in [5, 5.41) is 0. The number of aliphatic imine (C=N–C) groups is 1. The van der Waals surface area contributed by atoms with Gasteiger partial charge in [-0.25, -0.2) is 9.79 Å². The van der Waals surface area contributed by atoms with Gasteiger partial charge >= 0.3 is 0 Å². The first-order chi connectivity index (χ1) is 5.41. The lowest BCUT2D eigenvalue weighted by Gasteiger charge is -1.98. The van der Waals surface area contributed by atoms with Crippen LogP contribution in [0, 0.1) is 0 Å². The molecule has 0 radical (unpaired) electrons. The van der Waals surface area contributed by atoms with E-state index in [1.54, 1.807) is 0 Å². The van der Waals surface area contributed by atoms with E-state index in [1.807, 2.05) is 6.92 Å². The van der Waals surface area contributed by atoms with Crippen LogP contribution >= 0.6 is 0 Å². The SMILES string of the molecule is CCOCCCCCN=C=O. The predicted octanol–water partition coefficient (Wildman–Crippen LogP) is 1.53. The Labute approximate surface area is 67.5 Å². The maximum Gasteiger partial charge on any atom is 0.234 e. The quantitative estimate of drug-likeness (QED) is 0.319. The molecule has 0 bridgehead atoms. The van der Waals surface area contributed by atoms with E-state index < -0.39 is 0 Å². The molecule has 0 heterocycles. The van der Waals surface area contributed by atoms with Crippen LogP contribution in [0.15, 0.2) is 4.99 Å². The topological polar surface area (TPSA) is 38.7 Å². The Kier molecular flexibility index (Phi) is 8.78. The highest BCUT2D eigenvalue weighted by Crippen LogP contribution is 1.95. The molecular weight excluding hydrogens is 142 g/mol. The van der Waals surface area contributed by atoms with Crippen LogP contribution in [0.2, 0.25) is 0 Å². The molecular formula is C8H15NO2. The van der Waals surface area contributed by atoms with Crippen LogP contribution in [-0.2, 0) is 9.53 Å². The number of rotatable bonds is 7. The summed E-state index contributed by atoms with van der Waals surface area (Å²) in [6, 6.07) is 0. The van der Waals surface area contributed by atoms with Gasteiger partial charge in [0.25, 0.3) is 0 Å². The maximum absolute atomic E-state index is 9.62. The monoisotopic (exact) mass is 157 g/mol. The highest BCUT2D eigenvalue weighted by molar-refractivity contribution is 5.32. The zero-order valence-corrected chi connectivity index (χ0v) is 7.01. The largest absolute Gasteiger partial charge is 0.382 e. The molecule has 0 aliphatic heterocycles. The minimum Gasteiger partial charge on any atom is -0.382 e. The molecule has 3 heteroatoms. The third-order valence-corrected chi connectivity index (χ3v) is 1.33. The summed E-state index contributed by atoms with van der Waals surface area (Å²) < 4.78 is 5.13. The van der Waals surface area contributed by atoms with E-state index >= 15 is 0 Å². The molecule has 0 unspecified atom stereocenters. The van der Waals surface area contributed by atoms with Gasteiger partial charge in [0.05, 0.1) is 6.54 Å². The number of isocyanates is 1. The molecule has 0 aromatic rings. The van der Waals surface area contributed by atoms with E-state index in [1.165, 1.54) is 6.08 Å². The Hall–Kier alpha value is -0.660. The summed E-state index contributed by atoms with van der Waals surface area (Å²) >= 11 is 0. The molecule has 3 nitrogen and oxygen atoms in total. The zero-order valence-electron chi connectivity index (χ0n) is 7.01. The Balaban J connectivity index is 2.84. The lowest BCUT2D eigenvalue weighted by molar-refractivity contribution is 0.143. The summed E-state index contributed by atoms with van der Waals surface area (Å²) in [7, 11) is 0. The van der Waals surface area contributed by atoms with Crippen molar-refractivity contribution in [2.75, 3.05) is 19.8 Å². The first kappa shape index (κ1) is 10.3. The number of carbonyl (C=O) groups excluding carboxylic acids is 1.